The minimum Gasteiger partial charge on any atom is -0.452 e. The molecule has 2 heterocycles. The highest BCUT2D eigenvalue weighted by atomic mass is 17.3. The van der Waals surface area contributed by atoms with Crippen LogP contribution in [0.2, 0.25) is 0 Å². The van der Waals surface area contributed by atoms with Crippen molar-refractivity contribution >= 4 is 5.97 Å². The Balaban J connectivity index is 1.76. The molecule has 24 heavy (non-hydrogen) atoms. The second-order valence-electron chi connectivity index (χ2n) is 9.04. The van der Waals surface area contributed by atoms with Gasteiger partial charge in [0.15, 0.2) is 17.8 Å². The molecule has 3 fully saturated rings. The highest BCUT2D eigenvalue weighted by Crippen LogP contribution is 2.67. The zero-order valence-electron chi connectivity index (χ0n) is 15.2. The highest BCUT2D eigenvalue weighted by Gasteiger charge is 2.72. The number of ether oxygens (including phenoxy) is 1. The van der Waals surface area contributed by atoms with Gasteiger partial charge < -0.3 is 4.74 Å². The quantitative estimate of drug-likeness (QED) is 0.412. The van der Waals surface area contributed by atoms with Crippen LogP contribution in [-0.2, 0) is 19.3 Å². The summed E-state index contributed by atoms with van der Waals surface area (Å²) in [4.78, 5) is 23.2. The average molecular weight is 332 g/mol. The Labute approximate surface area is 144 Å². The van der Waals surface area contributed by atoms with Crippen LogP contribution in [0.15, 0.2) is 23.8 Å². The number of hydrogen-bond acceptors (Lipinski definition) is 4. The van der Waals surface area contributed by atoms with E-state index < -0.39 is 5.60 Å². The molecule has 132 valence electrons. The zero-order chi connectivity index (χ0) is 17.3. The van der Waals surface area contributed by atoms with Crippen molar-refractivity contribution in [3.63, 3.8) is 0 Å². The fraction of sp³-hybridized carbons (Fsp3) is 0.750. The maximum absolute atomic E-state index is 11.7. The number of esters is 1. The van der Waals surface area contributed by atoms with Crippen LogP contribution in [-0.4, -0.2) is 23.8 Å². The Morgan fingerprint density at radius 1 is 1.25 bits per heavy atom. The first kappa shape index (κ1) is 16.3. The van der Waals surface area contributed by atoms with Gasteiger partial charge in [-0.25, -0.2) is 14.6 Å². The van der Waals surface area contributed by atoms with Crippen molar-refractivity contribution in [2.75, 3.05) is 0 Å². The van der Waals surface area contributed by atoms with Gasteiger partial charge in [-0.15, -0.1) is 0 Å². The Hall–Kier alpha value is -1.13. The van der Waals surface area contributed by atoms with E-state index in [-0.39, 0.29) is 29.0 Å². The summed E-state index contributed by atoms with van der Waals surface area (Å²) in [5.74, 6) is 0.271. The summed E-state index contributed by atoms with van der Waals surface area (Å²) in [7, 11) is 0. The van der Waals surface area contributed by atoms with Gasteiger partial charge in [-0.1, -0.05) is 33.8 Å². The number of cyclic esters (lactones) is 1. The SMILES string of the molecule is C=C1CC[C@H]2C(C)(C)CCC[C@]2(C)[C@]12OO[C@H]2C1OC(=O)C=C1C. The molecule has 0 aromatic carbocycles. The fourth-order valence-electron chi connectivity index (χ4n) is 6.15. The van der Waals surface area contributed by atoms with Gasteiger partial charge in [0.05, 0.1) is 0 Å². The van der Waals surface area contributed by atoms with Crippen LogP contribution in [0.25, 0.3) is 0 Å². The number of hydrogen-bond donors (Lipinski definition) is 0. The van der Waals surface area contributed by atoms with Crippen LogP contribution >= 0.6 is 0 Å². The van der Waals surface area contributed by atoms with E-state index in [1.807, 2.05) is 6.92 Å². The maximum atomic E-state index is 11.7. The lowest BCUT2D eigenvalue weighted by molar-refractivity contribution is -0.537. The fourth-order valence-corrected chi connectivity index (χ4v) is 6.15. The Morgan fingerprint density at radius 2 is 2.00 bits per heavy atom. The third-order valence-corrected chi connectivity index (χ3v) is 7.33. The molecule has 1 spiro atoms. The second-order valence-corrected chi connectivity index (χ2v) is 9.04. The summed E-state index contributed by atoms with van der Waals surface area (Å²) in [5, 5.41) is 0. The molecule has 4 nitrogen and oxygen atoms in total. The molecule has 0 aromatic heterocycles. The predicted molar refractivity (Wildman–Crippen MR) is 89.9 cm³/mol. The van der Waals surface area contributed by atoms with Gasteiger partial charge in [0, 0.05) is 11.5 Å². The van der Waals surface area contributed by atoms with Crippen molar-refractivity contribution in [1.29, 1.82) is 0 Å². The first-order valence-electron chi connectivity index (χ1n) is 9.14. The normalized spacial score (nSPS) is 47.0. The van der Waals surface area contributed by atoms with Crippen molar-refractivity contribution in [1.82, 2.24) is 0 Å². The van der Waals surface area contributed by atoms with Crippen molar-refractivity contribution in [3.05, 3.63) is 23.8 Å². The van der Waals surface area contributed by atoms with Gasteiger partial charge in [0.25, 0.3) is 0 Å². The molecule has 0 amide bonds. The molecular formula is C20H28O4. The molecule has 0 N–H and O–H groups in total. The molecule has 0 radical (unpaired) electrons. The average Bonchev–Trinajstić information content (AvgIpc) is 2.74. The minimum absolute atomic E-state index is 0.0394. The number of carbonyl (C=O) groups excluding carboxylic acids is 1. The van der Waals surface area contributed by atoms with Crippen molar-refractivity contribution < 1.29 is 19.3 Å². The number of carbonyl (C=O) groups is 1. The summed E-state index contributed by atoms with van der Waals surface area (Å²) in [6, 6.07) is 0. The van der Waals surface area contributed by atoms with Crippen molar-refractivity contribution in [2.45, 2.75) is 77.6 Å². The Morgan fingerprint density at radius 3 is 2.58 bits per heavy atom. The minimum atomic E-state index is -0.544. The van der Waals surface area contributed by atoms with Crippen LogP contribution in [0.1, 0.15) is 59.8 Å². The van der Waals surface area contributed by atoms with E-state index in [0.29, 0.717) is 5.92 Å². The lowest BCUT2D eigenvalue weighted by Gasteiger charge is -2.67. The van der Waals surface area contributed by atoms with Gasteiger partial charge in [-0.05, 0) is 55.1 Å². The molecular weight excluding hydrogens is 304 g/mol. The van der Waals surface area contributed by atoms with Gasteiger partial charge >= 0.3 is 5.97 Å². The van der Waals surface area contributed by atoms with Crippen LogP contribution in [0, 0.1) is 16.7 Å². The molecule has 2 aliphatic carbocycles. The van der Waals surface area contributed by atoms with Gasteiger partial charge in [-0.3, -0.25) is 0 Å². The molecule has 2 saturated carbocycles. The lowest BCUT2D eigenvalue weighted by Crippen LogP contribution is -2.74. The lowest BCUT2D eigenvalue weighted by atomic mass is 9.44. The van der Waals surface area contributed by atoms with E-state index in [9.17, 15) is 4.79 Å². The molecule has 1 unspecified atom stereocenters. The van der Waals surface area contributed by atoms with Crippen molar-refractivity contribution in [2.24, 2.45) is 16.7 Å². The van der Waals surface area contributed by atoms with E-state index in [1.54, 1.807) is 6.08 Å². The summed E-state index contributed by atoms with van der Waals surface area (Å²) in [6.45, 7) is 13.4. The van der Waals surface area contributed by atoms with Gasteiger partial charge in [0.1, 0.15) is 0 Å². The predicted octanol–water partition coefficient (Wildman–Crippen LogP) is 4.11. The first-order chi connectivity index (χ1) is 11.2. The van der Waals surface area contributed by atoms with Gasteiger partial charge in [0.2, 0.25) is 0 Å². The topological polar surface area (TPSA) is 44.8 Å². The van der Waals surface area contributed by atoms with E-state index in [1.165, 1.54) is 12.8 Å². The smallest absolute Gasteiger partial charge is 0.331 e. The van der Waals surface area contributed by atoms with Gasteiger partial charge in [-0.2, -0.15) is 0 Å². The molecule has 4 heteroatoms. The molecule has 0 bridgehead atoms. The van der Waals surface area contributed by atoms with Crippen LogP contribution in [0.4, 0.5) is 0 Å². The molecule has 4 aliphatic rings. The summed E-state index contributed by atoms with van der Waals surface area (Å²) in [5.41, 5.74) is 1.72. The zero-order valence-corrected chi connectivity index (χ0v) is 15.2. The summed E-state index contributed by atoms with van der Waals surface area (Å²) < 4.78 is 5.55. The Bertz CT molecular complexity index is 634. The summed E-state index contributed by atoms with van der Waals surface area (Å²) >= 11 is 0. The first-order valence-corrected chi connectivity index (χ1v) is 9.14. The van der Waals surface area contributed by atoms with Crippen LogP contribution in [0.5, 0.6) is 0 Å². The third-order valence-electron chi connectivity index (χ3n) is 7.33. The van der Waals surface area contributed by atoms with E-state index in [0.717, 1.165) is 30.4 Å². The molecule has 1 saturated heterocycles. The van der Waals surface area contributed by atoms with E-state index >= 15 is 0 Å². The molecule has 2 aliphatic heterocycles. The number of fused-ring (bicyclic) bond motifs is 2. The van der Waals surface area contributed by atoms with Crippen LogP contribution < -0.4 is 0 Å². The standard InChI is InChI=1S/C20H28O4/c1-12-11-15(21)22-16(12)17-20(24-23-17)13(2)7-8-14-18(3,4)9-6-10-19(14,20)5/h11,14,16-17H,2,6-10H2,1,3-5H3/t14-,16?,17-,19-,20-/m0/s1. The molecule has 4 rings (SSSR count). The van der Waals surface area contributed by atoms with Crippen molar-refractivity contribution in [3.8, 4) is 0 Å². The monoisotopic (exact) mass is 332 g/mol. The summed E-state index contributed by atoms with van der Waals surface area (Å²) in [6.07, 6.45) is 6.56. The Kier molecular flexibility index (Phi) is 3.37. The third kappa shape index (κ3) is 1.84. The second kappa shape index (κ2) is 4.95. The molecule has 0 aromatic rings. The largest absolute Gasteiger partial charge is 0.452 e. The van der Waals surface area contributed by atoms with Crippen LogP contribution in [0.3, 0.4) is 0 Å². The van der Waals surface area contributed by atoms with E-state index in [2.05, 4.69) is 27.4 Å². The van der Waals surface area contributed by atoms with E-state index in [4.69, 9.17) is 14.5 Å². The number of rotatable bonds is 1. The highest BCUT2D eigenvalue weighted by molar-refractivity contribution is 5.85. The maximum Gasteiger partial charge on any atom is 0.331 e. The molecule has 5 atom stereocenters.